The first-order valence-electron chi connectivity index (χ1n) is 6.27. The number of amides is 1. The number of hydrogen-bond acceptors (Lipinski definition) is 2. The van der Waals surface area contributed by atoms with Gasteiger partial charge in [-0.3, -0.25) is 4.79 Å². The molecule has 1 aliphatic rings. The first kappa shape index (κ1) is 16.2. The van der Waals surface area contributed by atoms with Crippen molar-refractivity contribution in [1.82, 2.24) is 4.57 Å². The van der Waals surface area contributed by atoms with E-state index < -0.39 is 6.36 Å². The van der Waals surface area contributed by atoms with Gasteiger partial charge in [0.1, 0.15) is 11.4 Å². The van der Waals surface area contributed by atoms with Gasteiger partial charge in [-0.2, -0.15) is 0 Å². The fourth-order valence-electron chi connectivity index (χ4n) is 2.35. The van der Waals surface area contributed by atoms with Crippen molar-refractivity contribution in [3.05, 3.63) is 48.3 Å². The lowest BCUT2D eigenvalue weighted by molar-refractivity contribution is -0.274. The van der Waals surface area contributed by atoms with Crippen LogP contribution in [0, 0.1) is 0 Å². The van der Waals surface area contributed by atoms with E-state index in [-0.39, 0.29) is 24.1 Å². The van der Waals surface area contributed by atoms with Crippen LogP contribution >= 0.6 is 12.4 Å². The van der Waals surface area contributed by atoms with Crippen LogP contribution in [0.4, 0.5) is 18.9 Å². The van der Waals surface area contributed by atoms with E-state index in [9.17, 15) is 18.0 Å². The van der Waals surface area contributed by atoms with Gasteiger partial charge in [0.2, 0.25) is 0 Å². The summed E-state index contributed by atoms with van der Waals surface area (Å²) in [6.45, 7) is 0.994. The Morgan fingerprint density at radius 3 is 2.59 bits per heavy atom. The molecule has 0 spiro atoms. The van der Waals surface area contributed by atoms with Gasteiger partial charge in [0.15, 0.2) is 0 Å². The summed E-state index contributed by atoms with van der Waals surface area (Å²) in [6, 6.07) is 8.87. The summed E-state index contributed by atoms with van der Waals surface area (Å²) in [4.78, 5) is 13.8. The number of alkyl halides is 3. The zero-order valence-corrected chi connectivity index (χ0v) is 12.0. The number of aromatic nitrogens is 1. The Morgan fingerprint density at radius 2 is 1.86 bits per heavy atom. The van der Waals surface area contributed by atoms with E-state index in [0.717, 1.165) is 0 Å². The lowest BCUT2D eigenvalue weighted by Crippen LogP contribution is -2.39. The molecular weight excluding hydrogens is 321 g/mol. The highest BCUT2D eigenvalue weighted by Crippen LogP contribution is 2.28. The number of anilines is 1. The molecule has 8 heteroatoms. The second kappa shape index (κ2) is 5.92. The SMILES string of the molecule is Cl.O=C1c2cccn2CCN1c1cccc(OC(F)(F)F)c1. The number of carbonyl (C=O) groups excluding carboxylic acids is 1. The van der Waals surface area contributed by atoms with Crippen LogP contribution in [0.5, 0.6) is 5.75 Å². The van der Waals surface area contributed by atoms with Gasteiger partial charge in [-0.25, -0.2) is 0 Å². The largest absolute Gasteiger partial charge is 0.573 e. The molecule has 4 nitrogen and oxygen atoms in total. The summed E-state index contributed by atoms with van der Waals surface area (Å²) in [5, 5.41) is 0. The predicted molar refractivity (Wildman–Crippen MR) is 76.5 cm³/mol. The molecule has 1 aliphatic heterocycles. The summed E-state index contributed by atoms with van der Waals surface area (Å²) in [5.41, 5.74) is 0.901. The monoisotopic (exact) mass is 332 g/mol. The molecule has 1 amide bonds. The number of halogens is 4. The van der Waals surface area contributed by atoms with Crippen LogP contribution in [0.25, 0.3) is 0 Å². The number of benzene rings is 1. The van der Waals surface area contributed by atoms with E-state index in [2.05, 4.69) is 4.74 Å². The molecule has 2 aromatic rings. The van der Waals surface area contributed by atoms with Crippen LogP contribution < -0.4 is 9.64 Å². The van der Waals surface area contributed by atoms with Crippen LogP contribution in [0.1, 0.15) is 10.5 Å². The molecule has 0 saturated heterocycles. The molecule has 118 valence electrons. The van der Waals surface area contributed by atoms with Crippen molar-refractivity contribution in [1.29, 1.82) is 0 Å². The Hall–Kier alpha value is -2.15. The maximum atomic E-state index is 12.3. The lowest BCUT2D eigenvalue weighted by atomic mass is 10.2. The predicted octanol–water partition coefficient (Wildman–Crippen LogP) is 3.47. The van der Waals surface area contributed by atoms with Crippen LogP contribution in [-0.4, -0.2) is 23.4 Å². The van der Waals surface area contributed by atoms with Gasteiger partial charge in [0.25, 0.3) is 5.91 Å². The summed E-state index contributed by atoms with van der Waals surface area (Å²) in [6.07, 6.45) is -2.95. The number of fused-ring (bicyclic) bond motifs is 1. The molecule has 0 aliphatic carbocycles. The Kier molecular flexibility index (Phi) is 4.37. The van der Waals surface area contributed by atoms with E-state index in [1.165, 1.54) is 23.1 Å². The van der Waals surface area contributed by atoms with Crippen molar-refractivity contribution in [2.24, 2.45) is 0 Å². The molecule has 3 rings (SSSR count). The third-order valence-electron chi connectivity index (χ3n) is 3.22. The van der Waals surface area contributed by atoms with Crippen LogP contribution in [-0.2, 0) is 6.54 Å². The standard InChI is InChI=1S/C14H11F3N2O2.ClH/c15-14(16,17)21-11-4-1-3-10(9-11)19-8-7-18-6-2-5-12(18)13(19)20;/h1-6,9H,7-8H2;1H. The first-order valence-corrected chi connectivity index (χ1v) is 6.27. The van der Waals surface area contributed by atoms with Gasteiger partial charge in [0.05, 0.1) is 0 Å². The average Bonchev–Trinajstić information content (AvgIpc) is 2.86. The normalized spacial score (nSPS) is 14.3. The molecule has 2 heterocycles. The van der Waals surface area contributed by atoms with E-state index in [1.54, 1.807) is 24.4 Å². The van der Waals surface area contributed by atoms with Crippen molar-refractivity contribution in [3.63, 3.8) is 0 Å². The Bertz CT molecular complexity index is 685. The van der Waals surface area contributed by atoms with E-state index >= 15 is 0 Å². The quantitative estimate of drug-likeness (QED) is 0.844. The summed E-state index contributed by atoms with van der Waals surface area (Å²) < 4.78 is 42.4. The molecule has 0 bridgehead atoms. The zero-order valence-electron chi connectivity index (χ0n) is 11.2. The topological polar surface area (TPSA) is 34.5 Å². The van der Waals surface area contributed by atoms with Crippen molar-refractivity contribution < 1.29 is 22.7 Å². The highest BCUT2D eigenvalue weighted by Gasteiger charge is 2.32. The third-order valence-corrected chi connectivity index (χ3v) is 3.22. The highest BCUT2D eigenvalue weighted by molar-refractivity contribution is 6.05. The minimum atomic E-state index is -4.75. The molecule has 0 N–H and O–H groups in total. The Balaban J connectivity index is 0.00000176. The molecule has 0 fully saturated rings. The molecule has 1 aromatic heterocycles. The maximum absolute atomic E-state index is 12.3. The van der Waals surface area contributed by atoms with Gasteiger partial charge in [-0.15, -0.1) is 25.6 Å². The fourth-order valence-corrected chi connectivity index (χ4v) is 2.35. The maximum Gasteiger partial charge on any atom is 0.573 e. The van der Waals surface area contributed by atoms with Crippen LogP contribution in [0.15, 0.2) is 42.6 Å². The van der Waals surface area contributed by atoms with Crippen LogP contribution in [0.2, 0.25) is 0 Å². The first-order chi connectivity index (χ1) is 9.94. The van der Waals surface area contributed by atoms with Crippen molar-refractivity contribution in [2.75, 3.05) is 11.4 Å². The highest BCUT2D eigenvalue weighted by atomic mass is 35.5. The number of nitrogens with zero attached hydrogens (tertiary/aromatic N) is 2. The number of hydrogen-bond donors (Lipinski definition) is 0. The minimum absolute atomic E-state index is 0. The van der Waals surface area contributed by atoms with Gasteiger partial charge >= 0.3 is 6.36 Å². The van der Waals surface area contributed by atoms with E-state index in [4.69, 9.17) is 0 Å². The molecule has 0 unspecified atom stereocenters. The second-order valence-electron chi connectivity index (χ2n) is 4.59. The molecule has 0 radical (unpaired) electrons. The molecule has 0 atom stereocenters. The van der Waals surface area contributed by atoms with E-state index in [1.807, 2.05) is 4.57 Å². The second-order valence-corrected chi connectivity index (χ2v) is 4.59. The zero-order chi connectivity index (χ0) is 15.0. The minimum Gasteiger partial charge on any atom is -0.406 e. The molecule has 0 saturated carbocycles. The van der Waals surface area contributed by atoms with Crippen LogP contribution in [0.3, 0.4) is 0 Å². The summed E-state index contributed by atoms with van der Waals surface area (Å²) >= 11 is 0. The Morgan fingerprint density at radius 1 is 1.09 bits per heavy atom. The van der Waals surface area contributed by atoms with Gasteiger partial charge < -0.3 is 14.2 Å². The van der Waals surface area contributed by atoms with E-state index in [0.29, 0.717) is 24.5 Å². The summed E-state index contributed by atoms with van der Waals surface area (Å²) in [7, 11) is 0. The smallest absolute Gasteiger partial charge is 0.406 e. The average molecular weight is 333 g/mol. The number of carbonyl (C=O) groups is 1. The summed E-state index contributed by atoms with van der Waals surface area (Å²) in [5.74, 6) is -0.579. The number of ether oxygens (including phenoxy) is 1. The van der Waals surface area contributed by atoms with Gasteiger partial charge in [-0.05, 0) is 24.3 Å². The molecule has 1 aromatic carbocycles. The van der Waals surface area contributed by atoms with Gasteiger partial charge in [0, 0.05) is 31.0 Å². The Labute approximate surface area is 130 Å². The van der Waals surface area contributed by atoms with Crippen molar-refractivity contribution in [3.8, 4) is 5.75 Å². The third kappa shape index (κ3) is 3.19. The number of rotatable bonds is 2. The molecule has 22 heavy (non-hydrogen) atoms. The van der Waals surface area contributed by atoms with Crippen molar-refractivity contribution >= 4 is 24.0 Å². The van der Waals surface area contributed by atoms with Gasteiger partial charge in [-0.1, -0.05) is 6.07 Å². The van der Waals surface area contributed by atoms with Crippen molar-refractivity contribution in [2.45, 2.75) is 12.9 Å². The molecular formula is C14H12ClF3N2O2. The lowest BCUT2D eigenvalue weighted by Gasteiger charge is -2.28. The fraction of sp³-hybridized carbons (Fsp3) is 0.214.